The molecule has 1 aliphatic rings. The van der Waals surface area contributed by atoms with Gasteiger partial charge in [-0.3, -0.25) is 4.57 Å². The topological polar surface area (TPSA) is 138 Å². The average molecular weight is 408 g/mol. The summed E-state index contributed by atoms with van der Waals surface area (Å²) in [4.78, 5) is 26.2. The van der Waals surface area contributed by atoms with Crippen molar-refractivity contribution in [2.45, 2.75) is 24.9 Å². The lowest BCUT2D eigenvalue weighted by Crippen LogP contribution is -2.31. The minimum Gasteiger partial charge on any atom is -0.436 e. The molecular weight excluding hydrogens is 387 g/mol. The number of nitrogens with zero attached hydrogens (tertiary/aromatic N) is 2. The van der Waals surface area contributed by atoms with Crippen LogP contribution in [0.4, 0.5) is 5.82 Å². The number of ether oxygens (including phenoxy) is 1. The number of nitrogens with two attached hydrogens (primary N) is 1. The van der Waals surface area contributed by atoms with E-state index >= 15 is 0 Å². The Kier molecular flexibility index (Phi) is 7.07. The van der Waals surface area contributed by atoms with Gasteiger partial charge in [-0.25, -0.2) is 9.88 Å². The lowest BCUT2D eigenvalue weighted by atomic mass is 10.2. The van der Waals surface area contributed by atoms with Crippen molar-refractivity contribution in [3.63, 3.8) is 0 Å². The fourth-order valence-electron chi connectivity index (χ4n) is 2.65. The number of hydrogen-bond acceptors (Lipinski definition) is 9. The fraction of sp³-hybridized carbons (Fsp3) is 0.353. The standard InChI is InChI=1S/C17H21N4O6P/c18-15-6-8-21(17(24)20-15)16-14(23)10-13(26-16)11-25-28(19-7-9-22)27-12-4-2-1-3-5-12/h1-6,8-9,13-14,16,19,23H,7,10-11H2,(H2,18,20,24). The van der Waals surface area contributed by atoms with Gasteiger partial charge in [-0.2, -0.15) is 4.98 Å². The summed E-state index contributed by atoms with van der Waals surface area (Å²) in [5.41, 5.74) is 4.88. The van der Waals surface area contributed by atoms with Gasteiger partial charge in [-0.05, 0) is 18.2 Å². The van der Waals surface area contributed by atoms with Crippen molar-refractivity contribution in [3.05, 3.63) is 53.1 Å². The maximum absolute atomic E-state index is 12.0. The lowest BCUT2D eigenvalue weighted by Gasteiger charge is -2.20. The molecule has 0 saturated carbocycles. The van der Waals surface area contributed by atoms with Crippen molar-refractivity contribution >= 4 is 20.6 Å². The lowest BCUT2D eigenvalue weighted by molar-refractivity contribution is -0.106. The van der Waals surface area contributed by atoms with Crippen molar-refractivity contribution in [1.82, 2.24) is 14.6 Å². The van der Waals surface area contributed by atoms with Gasteiger partial charge < -0.3 is 29.4 Å². The second-order valence-electron chi connectivity index (χ2n) is 5.98. The summed E-state index contributed by atoms with van der Waals surface area (Å²) in [5, 5.41) is 13.1. The molecule has 0 aliphatic carbocycles. The van der Waals surface area contributed by atoms with Gasteiger partial charge in [-0.15, -0.1) is 0 Å². The van der Waals surface area contributed by atoms with Crippen LogP contribution in [0.2, 0.25) is 0 Å². The largest absolute Gasteiger partial charge is 0.436 e. The highest BCUT2D eigenvalue weighted by atomic mass is 31.2. The third-order valence-electron chi connectivity index (χ3n) is 3.90. The summed E-state index contributed by atoms with van der Waals surface area (Å²) in [6, 6.07) is 10.5. The van der Waals surface area contributed by atoms with E-state index in [4.69, 9.17) is 19.5 Å². The number of para-hydroxylation sites is 1. The van der Waals surface area contributed by atoms with E-state index in [1.165, 1.54) is 16.8 Å². The Morgan fingerprint density at radius 1 is 1.39 bits per heavy atom. The molecule has 0 spiro atoms. The first-order valence-corrected chi connectivity index (χ1v) is 9.76. The van der Waals surface area contributed by atoms with Crippen LogP contribution in [0.1, 0.15) is 12.6 Å². The SMILES string of the molecule is Nc1ccn(C2OC(COP(NCC=O)Oc3ccccc3)CC2O)c(=O)n1. The first-order chi connectivity index (χ1) is 13.6. The number of aliphatic hydroxyl groups excluding tert-OH is 1. The third kappa shape index (κ3) is 5.34. The van der Waals surface area contributed by atoms with E-state index in [0.29, 0.717) is 12.0 Å². The molecule has 28 heavy (non-hydrogen) atoms. The molecule has 4 unspecified atom stereocenters. The maximum atomic E-state index is 12.0. The molecule has 1 fully saturated rings. The van der Waals surface area contributed by atoms with Gasteiger partial charge in [0.05, 0.1) is 19.3 Å². The molecule has 0 bridgehead atoms. The van der Waals surface area contributed by atoms with Crippen LogP contribution in [0.25, 0.3) is 0 Å². The van der Waals surface area contributed by atoms with Crippen molar-refractivity contribution in [3.8, 4) is 5.75 Å². The van der Waals surface area contributed by atoms with E-state index in [1.807, 2.05) is 18.2 Å². The molecule has 1 aromatic heterocycles. The molecule has 150 valence electrons. The molecule has 1 aliphatic heterocycles. The highest BCUT2D eigenvalue weighted by molar-refractivity contribution is 7.45. The summed E-state index contributed by atoms with van der Waals surface area (Å²) in [6.45, 7) is 0.177. The highest BCUT2D eigenvalue weighted by Gasteiger charge is 2.36. The Bertz CT molecular complexity index is 836. The Morgan fingerprint density at radius 3 is 2.89 bits per heavy atom. The average Bonchev–Trinajstić information content (AvgIpc) is 3.05. The van der Waals surface area contributed by atoms with Crippen molar-refractivity contribution in [1.29, 1.82) is 0 Å². The van der Waals surface area contributed by atoms with Crippen molar-refractivity contribution in [2.75, 3.05) is 18.9 Å². The first kappa shape index (κ1) is 20.4. The Labute approximate surface area is 162 Å². The number of nitrogens with one attached hydrogen (secondary N) is 1. The Morgan fingerprint density at radius 2 is 2.18 bits per heavy atom. The van der Waals surface area contributed by atoms with Crippen LogP contribution in [-0.4, -0.2) is 46.3 Å². The van der Waals surface area contributed by atoms with Gasteiger partial charge in [0.1, 0.15) is 24.0 Å². The Hall–Kier alpha value is -2.36. The molecule has 2 heterocycles. The predicted molar refractivity (Wildman–Crippen MR) is 101 cm³/mol. The first-order valence-electron chi connectivity index (χ1n) is 8.58. The number of aromatic nitrogens is 2. The molecule has 1 aromatic carbocycles. The number of nitrogen functional groups attached to an aromatic ring is 1. The van der Waals surface area contributed by atoms with E-state index in [9.17, 15) is 14.7 Å². The van der Waals surface area contributed by atoms with Gasteiger partial charge in [-0.1, -0.05) is 18.2 Å². The zero-order valence-electron chi connectivity index (χ0n) is 14.9. The summed E-state index contributed by atoms with van der Waals surface area (Å²) in [5.74, 6) is 0.690. The number of aldehydes is 1. The van der Waals surface area contributed by atoms with Crippen molar-refractivity contribution in [2.24, 2.45) is 0 Å². The second kappa shape index (κ2) is 9.72. The van der Waals surface area contributed by atoms with Crippen LogP contribution in [0.5, 0.6) is 5.75 Å². The summed E-state index contributed by atoms with van der Waals surface area (Å²) in [7, 11) is -1.59. The van der Waals surface area contributed by atoms with Gasteiger partial charge in [0.25, 0.3) is 0 Å². The number of benzene rings is 1. The minimum absolute atomic E-state index is 0.0712. The second-order valence-corrected chi connectivity index (χ2v) is 7.25. The van der Waals surface area contributed by atoms with Gasteiger partial charge in [0.15, 0.2) is 6.23 Å². The van der Waals surface area contributed by atoms with Gasteiger partial charge >= 0.3 is 14.2 Å². The molecule has 0 amide bonds. The zero-order valence-corrected chi connectivity index (χ0v) is 15.8. The van der Waals surface area contributed by atoms with E-state index < -0.39 is 32.7 Å². The molecule has 0 radical (unpaired) electrons. The van der Waals surface area contributed by atoms with Crippen LogP contribution < -0.4 is 21.0 Å². The Balaban J connectivity index is 1.59. The molecular formula is C17H21N4O6P. The summed E-state index contributed by atoms with van der Waals surface area (Å²) < 4.78 is 18.4. The normalized spacial score (nSPS) is 22.7. The van der Waals surface area contributed by atoms with Crippen LogP contribution in [0.15, 0.2) is 47.4 Å². The number of rotatable bonds is 9. The fourth-order valence-corrected chi connectivity index (χ4v) is 3.70. The smallest absolute Gasteiger partial charge is 0.351 e. The van der Waals surface area contributed by atoms with Gasteiger partial charge in [0.2, 0.25) is 0 Å². The highest BCUT2D eigenvalue weighted by Crippen LogP contribution is 2.37. The maximum Gasteiger partial charge on any atom is 0.351 e. The summed E-state index contributed by atoms with van der Waals surface area (Å²) in [6.07, 6.45) is 0.160. The van der Waals surface area contributed by atoms with Gasteiger partial charge in [0, 0.05) is 12.6 Å². The van der Waals surface area contributed by atoms with E-state index in [-0.39, 0.29) is 25.4 Å². The van der Waals surface area contributed by atoms with Crippen LogP contribution >= 0.6 is 8.53 Å². The number of anilines is 1. The van der Waals surface area contributed by atoms with Crippen molar-refractivity contribution < 1.29 is 23.7 Å². The molecule has 4 N–H and O–H groups in total. The molecule has 3 rings (SSSR count). The molecule has 4 atom stereocenters. The molecule has 1 saturated heterocycles. The third-order valence-corrected chi connectivity index (χ3v) is 5.11. The van der Waals surface area contributed by atoms with E-state index in [1.54, 1.807) is 12.1 Å². The number of hydrogen-bond donors (Lipinski definition) is 3. The number of carbonyl (C=O) groups is 1. The van der Waals surface area contributed by atoms with E-state index in [2.05, 4.69) is 10.1 Å². The van der Waals surface area contributed by atoms with E-state index in [0.717, 1.165) is 0 Å². The predicted octanol–water partition coefficient (Wildman–Crippen LogP) is 0.585. The monoisotopic (exact) mass is 408 g/mol. The number of carbonyl (C=O) groups excluding carboxylic acids is 1. The molecule has 11 heteroatoms. The van der Waals surface area contributed by atoms with Crippen LogP contribution in [0, 0.1) is 0 Å². The summed E-state index contributed by atoms with van der Waals surface area (Å²) >= 11 is 0. The zero-order chi connectivity index (χ0) is 19.9. The quantitative estimate of drug-likeness (QED) is 0.402. The number of aliphatic hydroxyl groups is 1. The minimum atomic E-state index is -1.59. The molecule has 10 nitrogen and oxygen atoms in total. The van der Waals surface area contributed by atoms with Crippen LogP contribution in [0.3, 0.4) is 0 Å². The molecule has 2 aromatic rings. The van der Waals surface area contributed by atoms with Crippen LogP contribution in [-0.2, 0) is 14.1 Å².